The summed E-state index contributed by atoms with van der Waals surface area (Å²) in [5.74, 6) is -0.420. The Balaban J connectivity index is 1.48. The fourth-order valence-corrected chi connectivity index (χ4v) is 4.98. The third-order valence-electron chi connectivity index (χ3n) is 5.85. The number of rotatable bonds is 10. The average Bonchev–Trinajstić information content (AvgIpc) is 3.49. The molecule has 1 atom stereocenters. The van der Waals surface area contributed by atoms with Crippen molar-refractivity contribution in [2.45, 2.75) is 39.7 Å². The molecular weight excluding hydrogens is 516 g/mol. The van der Waals surface area contributed by atoms with Gasteiger partial charge in [0.15, 0.2) is 5.17 Å². The van der Waals surface area contributed by atoms with Gasteiger partial charge in [0.2, 0.25) is 0 Å². The molecule has 202 valence electrons. The fourth-order valence-electron chi connectivity index (χ4n) is 3.98. The van der Waals surface area contributed by atoms with Crippen LogP contribution in [0.2, 0.25) is 0 Å². The van der Waals surface area contributed by atoms with Crippen molar-refractivity contribution >= 4 is 46.5 Å². The van der Waals surface area contributed by atoms with E-state index in [0.29, 0.717) is 45.8 Å². The number of hydrogen-bond acceptors (Lipinski definition) is 7. The van der Waals surface area contributed by atoms with E-state index in [4.69, 9.17) is 4.42 Å². The number of carbonyl (C=O) groups excluding carboxylic acids is 2. The van der Waals surface area contributed by atoms with Crippen LogP contribution in [-0.4, -0.2) is 50.5 Å². The molecule has 1 saturated heterocycles. The van der Waals surface area contributed by atoms with Crippen LogP contribution in [0.25, 0.3) is 17.4 Å². The molecule has 9 nitrogen and oxygen atoms in total. The maximum Gasteiger partial charge on any atom is 0.326 e. The van der Waals surface area contributed by atoms with Crippen LogP contribution in [0.3, 0.4) is 0 Å². The third kappa shape index (κ3) is 7.02. The number of furan rings is 1. The molecule has 1 aliphatic heterocycles. The maximum absolute atomic E-state index is 13.1. The zero-order valence-corrected chi connectivity index (χ0v) is 22.8. The Hall–Kier alpha value is -4.18. The lowest BCUT2D eigenvalue weighted by Crippen LogP contribution is -2.41. The van der Waals surface area contributed by atoms with Gasteiger partial charge in [-0.15, -0.1) is 0 Å². The van der Waals surface area contributed by atoms with Crippen molar-refractivity contribution in [2.24, 2.45) is 10.9 Å². The maximum atomic E-state index is 13.1. The van der Waals surface area contributed by atoms with Gasteiger partial charge in [-0.3, -0.25) is 19.5 Å². The lowest BCUT2D eigenvalue weighted by atomic mass is 10.0. The monoisotopic (exact) mass is 546 g/mol. The number of benzene rings is 1. The average molecular weight is 547 g/mol. The lowest BCUT2D eigenvalue weighted by molar-refractivity contribution is -0.139. The largest absolute Gasteiger partial charge is 0.480 e. The van der Waals surface area contributed by atoms with Gasteiger partial charge in [0.1, 0.15) is 17.6 Å². The van der Waals surface area contributed by atoms with Crippen molar-refractivity contribution in [3.8, 4) is 11.3 Å². The van der Waals surface area contributed by atoms with E-state index in [-0.39, 0.29) is 11.8 Å². The lowest BCUT2D eigenvalue weighted by Gasteiger charge is -2.16. The number of thioether (sulfide) groups is 1. The molecular formula is C29H30N4O5S. The molecule has 3 heterocycles. The first kappa shape index (κ1) is 27.8. The van der Waals surface area contributed by atoms with Crippen LogP contribution in [0.5, 0.6) is 0 Å². The van der Waals surface area contributed by atoms with Gasteiger partial charge in [-0.2, -0.15) is 0 Å². The van der Waals surface area contributed by atoms with E-state index in [2.05, 4.69) is 15.3 Å². The van der Waals surface area contributed by atoms with Gasteiger partial charge < -0.3 is 14.8 Å². The molecule has 10 heteroatoms. The minimum Gasteiger partial charge on any atom is -0.480 e. The van der Waals surface area contributed by atoms with E-state index in [1.807, 2.05) is 26.8 Å². The Morgan fingerprint density at radius 2 is 1.95 bits per heavy atom. The third-order valence-corrected chi connectivity index (χ3v) is 6.85. The molecule has 0 spiro atoms. The Morgan fingerprint density at radius 1 is 1.18 bits per heavy atom. The molecule has 39 heavy (non-hydrogen) atoms. The van der Waals surface area contributed by atoms with Gasteiger partial charge in [-0.1, -0.05) is 32.9 Å². The van der Waals surface area contributed by atoms with Crippen LogP contribution in [0, 0.1) is 5.92 Å². The molecule has 0 unspecified atom stereocenters. The second-order valence-electron chi connectivity index (χ2n) is 9.45. The van der Waals surface area contributed by atoms with Gasteiger partial charge in [0.25, 0.3) is 11.8 Å². The minimum atomic E-state index is -1.06. The van der Waals surface area contributed by atoms with Crippen LogP contribution in [0.4, 0.5) is 5.69 Å². The molecule has 4 rings (SSSR count). The molecule has 1 aromatic carbocycles. The topological polar surface area (TPSA) is 125 Å². The summed E-state index contributed by atoms with van der Waals surface area (Å²) in [5, 5.41) is 12.6. The number of pyridine rings is 1. The van der Waals surface area contributed by atoms with Gasteiger partial charge in [-0.05, 0) is 66.9 Å². The van der Waals surface area contributed by atoms with E-state index < -0.39 is 17.9 Å². The Labute approximate surface area is 231 Å². The van der Waals surface area contributed by atoms with E-state index in [1.165, 1.54) is 11.8 Å². The number of nitrogens with zero attached hydrogens (tertiary/aromatic N) is 3. The highest BCUT2D eigenvalue weighted by Gasteiger charge is 2.33. The summed E-state index contributed by atoms with van der Waals surface area (Å²) >= 11 is 1.29. The number of aromatic nitrogens is 1. The summed E-state index contributed by atoms with van der Waals surface area (Å²) in [7, 11) is 0. The van der Waals surface area contributed by atoms with Crippen molar-refractivity contribution < 1.29 is 23.9 Å². The van der Waals surface area contributed by atoms with Crippen molar-refractivity contribution in [2.75, 3.05) is 6.54 Å². The molecule has 1 aliphatic rings. The molecule has 3 aromatic rings. The summed E-state index contributed by atoms with van der Waals surface area (Å²) < 4.78 is 5.98. The van der Waals surface area contributed by atoms with E-state index >= 15 is 0 Å². The first-order chi connectivity index (χ1) is 18.7. The van der Waals surface area contributed by atoms with E-state index in [0.717, 1.165) is 12.0 Å². The normalized spacial score (nSPS) is 16.3. The predicted octanol–water partition coefficient (Wildman–Crippen LogP) is 5.58. The molecule has 0 saturated carbocycles. The molecule has 2 aromatic heterocycles. The summed E-state index contributed by atoms with van der Waals surface area (Å²) in [5.41, 5.74) is 1.77. The minimum absolute atomic E-state index is 0.129. The second-order valence-corrected chi connectivity index (χ2v) is 10.5. The first-order valence-electron chi connectivity index (χ1n) is 12.7. The van der Waals surface area contributed by atoms with Gasteiger partial charge in [-0.25, -0.2) is 9.79 Å². The summed E-state index contributed by atoms with van der Waals surface area (Å²) in [4.78, 5) is 48.0. The number of amidine groups is 1. The number of amides is 2. The number of nitrogens with one attached hydrogen (secondary N) is 1. The van der Waals surface area contributed by atoms with Crippen LogP contribution in [0.1, 0.15) is 49.7 Å². The van der Waals surface area contributed by atoms with Crippen LogP contribution in [-0.2, 0) is 9.59 Å². The number of carbonyl (C=O) groups is 3. The second kappa shape index (κ2) is 12.6. The molecule has 0 aliphatic carbocycles. The molecule has 0 bridgehead atoms. The predicted molar refractivity (Wildman–Crippen MR) is 151 cm³/mol. The highest BCUT2D eigenvalue weighted by Crippen LogP contribution is 2.35. The molecule has 0 radical (unpaired) electrons. The number of hydrogen-bond donors (Lipinski definition) is 2. The number of carboxylic acid groups (broad SMARTS) is 1. The zero-order chi connectivity index (χ0) is 27.9. The highest BCUT2D eigenvalue weighted by atomic mass is 32.2. The van der Waals surface area contributed by atoms with Crippen molar-refractivity contribution in [1.29, 1.82) is 0 Å². The first-order valence-corrected chi connectivity index (χ1v) is 13.5. The van der Waals surface area contributed by atoms with E-state index in [1.54, 1.807) is 65.8 Å². The number of aliphatic carboxylic acids is 1. The summed E-state index contributed by atoms with van der Waals surface area (Å²) in [6.45, 7) is 6.37. The smallest absolute Gasteiger partial charge is 0.326 e. The number of aliphatic imine (C=N–C) groups is 1. The Bertz CT molecular complexity index is 1400. The van der Waals surface area contributed by atoms with Crippen LogP contribution in [0.15, 0.2) is 75.2 Å². The summed E-state index contributed by atoms with van der Waals surface area (Å²) in [6.07, 6.45) is 6.16. The van der Waals surface area contributed by atoms with Crippen LogP contribution >= 0.6 is 11.8 Å². The summed E-state index contributed by atoms with van der Waals surface area (Å²) in [6, 6.07) is 13.0. The quantitative estimate of drug-likeness (QED) is 0.318. The van der Waals surface area contributed by atoms with Crippen molar-refractivity contribution in [3.63, 3.8) is 0 Å². The van der Waals surface area contributed by atoms with E-state index in [9.17, 15) is 19.5 Å². The molecule has 2 amide bonds. The van der Waals surface area contributed by atoms with Crippen molar-refractivity contribution in [3.05, 3.63) is 77.2 Å². The standard InChI is InChI=1S/C29H30N4O5S/c1-4-14-33-27(35)25(39-29(33)31-21-6-5-13-30-17-21)16-22-11-12-24(38-22)19-7-9-20(10-8-19)26(34)32-23(28(36)37)15-18(2)3/h5-13,16-18,23H,4,14-15H2,1-3H3,(H,32,34)(H,36,37)/b25-16-,31-29?/t23-/m0/s1. The van der Waals surface area contributed by atoms with Gasteiger partial charge >= 0.3 is 5.97 Å². The zero-order valence-electron chi connectivity index (χ0n) is 22.0. The highest BCUT2D eigenvalue weighted by molar-refractivity contribution is 8.18. The Kier molecular flexibility index (Phi) is 8.98. The Morgan fingerprint density at radius 3 is 2.59 bits per heavy atom. The number of carboxylic acids is 1. The SMILES string of the molecule is CCCN1C(=O)/C(=C/c2ccc(-c3ccc(C(=O)N[C@@H](CC(C)C)C(=O)O)cc3)o2)SC1=Nc1cccnc1. The van der Waals surface area contributed by atoms with Gasteiger partial charge in [0, 0.05) is 29.9 Å². The molecule has 2 N–H and O–H groups in total. The van der Waals surface area contributed by atoms with Crippen molar-refractivity contribution in [1.82, 2.24) is 15.2 Å². The molecule has 1 fully saturated rings. The van der Waals surface area contributed by atoms with Gasteiger partial charge in [0.05, 0.1) is 16.8 Å². The fraction of sp³-hybridized carbons (Fsp3) is 0.276. The van der Waals surface area contributed by atoms with Crippen LogP contribution < -0.4 is 5.32 Å².